The zero-order valence-electron chi connectivity index (χ0n) is 16.4. The maximum Gasteiger partial charge on any atom is 0.224 e. The maximum absolute atomic E-state index is 12.7. The Labute approximate surface area is 176 Å². The molecule has 0 spiro atoms. The third-order valence-electron chi connectivity index (χ3n) is 4.99. The molecule has 8 heteroatoms. The van der Waals surface area contributed by atoms with E-state index >= 15 is 0 Å². The number of halogens is 1. The van der Waals surface area contributed by atoms with Crippen molar-refractivity contribution >= 4 is 27.5 Å². The Morgan fingerprint density at radius 3 is 2.76 bits per heavy atom. The highest BCUT2D eigenvalue weighted by atomic mass is 35.5. The highest BCUT2D eigenvalue weighted by molar-refractivity contribution is 7.89. The van der Waals surface area contributed by atoms with Gasteiger partial charge in [0.15, 0.2) is 0 Å². The Kier molecular flexibility index (Phi) is 7.16. The van der Waals surface area contributed by atoms with Crippen molar-refractivity contribution in [1.29, 1.82) is 0 Å². The molecule has 0 saturated carbocycles. The lowest BCUT2D eigenvalue weighted by Crippen LogP contribution is -2.38. The molecule has 1 N–H and O–H groups in total. The Balaban J connectivity index is 1.46. The number of sulfonamides is 1. The van der Waals surface area contributed by atoms with Crippen molar-refractivity contribution in [3.8, 4) is 5.75 Å². The van der Waals surface area contributed by atoms with Crippen LogP contribution in [0.25, 0.3) is 0 Å². The quantitative estimate of drug-likeness (QED) is 0.645. The lowest BCUT2D eigenvalue weighted by Gasteiger charge is -2.28. The average Bonchev–Trinajstić information content (AvgIpc) is 2.72. The second kappa shape index (κ2) is 9.61. The van der Waals surface area contributed by atoms with E-state index in [1.165, 1.54) is 4.31 Å². The minimum atomic E-state index is -3.38. The Morgan fingerprint density at radius 1 is 1.21 bits per heavy atom. The van der Waals surface area contributed by atoms with Gasteiger partial charge in [-0.25, -0.2) is 8.42 Å². The Bertz CT molecular complexity index is 978. The van der Waals surface area contributed by atoms with E-state index in [1.54, 1.807) is 19.2 Å². The molecule has 0 aromatic heterocycles. The second-order valence-electron chi connectivity index (χ2n) is 7.01. The molecule has 0 radical (unpaired) electrons. The molecule has 2 aromatic carbocycles. The monoisotopic (exact) mass is 436 g/mol. The Morgan fingerprint density at radius 2 is 2.00 bits per heavy atom. The summed E-state index contributed by atoms with van der Waals surface area (Å²) in [4.78, 5) is 12.0. The van der Waals surface area contributed by atoms with Gasteiger partial charge >= 0.3 is 0 Å². The van der Waals surface area contributed by atoms with Crippen LogP contribution in [0.4, 0.5) is 0 Å². The molecule has 2 aromatic rings. The van der Waals surface area contributed by atoms with Crippen molar-refractivity contribution in [1.82, 2.24) is 9.62 Å². The van der Waals surface area contributed by atoms with Gasteiger partial charge in [0.2, 0.25) is 15.9 Å². The number of benzene rings is 2. The Hall–Kier alpha value is -2.09. The lowest BCUT2D eigenvalue weighted by molar-refractivity contribution is -0.120. The fourth-order valence-corrected chi connectivity index (χ4v) is 5.03. The van der Waals surface area contributed by atoms with Crippen LogP contribution in [0.5, 0.6) is 5.75 Å². The molecule has 0 aliphatic carbocycles. The summed E-state index contributed by atoms with van der Waals surface area (Å²) in [6, 6.07) is 12.9. The van der Waals surface area contributed by atoms with E-state index in [0.717, 1.165) is 22.4 Å². The van der Waals surface area contributed by atoms with Crippen LogP contribution in [0.15, 0.2) is 42.5 Å². The highest BCUT2D eigenvalue weighted by Gasteiger charge is 2.26. The molecule has 1 amide bonds. The van der Waals surface area contributed by atoms with Crippen molar-refractivity contribution in [2.45, 2.75) is 25.8 Å². The van der Waals surface area contributed by atoms with Gasteiger partial charge < -0.3 is 10.1 Å². The van der Waals surface area contributed by atoms with Crippen LogP contribution in [-0.2, 0) is 34.2 Å². The van der Waals surface area contributed by atoms with E-state index in [9.17, 15) is 13.2 Å². The van der Waals surface area contributed by atoms with E-state index in [-0.39, 0.29) is 18.1 Å². The molecule has 156 valence electrons. The summed E-state index contributed by atoms with van der Waals surface area (Å²) in [5, 5.41) is 3.32. The van der Waals surface area contributed by atoms with Crippen LogP contribution in [0.2, 0.25) is 5.02 Å². The zero-order valence-corrected chi connectivity index (χ0v) is 17.9. The second-order valence-corrected chi connectivity index (χ2v) is 9.50. The van der Waals surface area contributed by atoms with Gasteiger partial charge in [-0.05, 0) is 47.7 Å². The molecule has 1 heterocycles. The first kappa shape index (κ1) is 21.6. The van der Waals surface area contributed by atoms with Crippen molar-refractivity contribution < 1.29 is 17.9 Å². The van der Waals surface area contributed by atoms with Crippen molar-refractivity contribution in [3.05, 3.63) is 64.2 Å². The van der Waals surface area contributed by atoms with Crippen LogP contribution in [0.3, 0.4) is 0 Å². The predicted octanol–water partition coefficient (Wildman–Crippen LogP) is 2.79. The van der Waals surface area contributed by atoms with Crippen LogP contribution >= 0.6 is 11.6 Å². The normalized spacial score (nSPS) is 14.3. The fourth-order valence-electron chi connectivity index (χ4n) is 3.36. The van der Waals surface area contributed by atoms with E-state index in [1.807, 2.05) is 30.3 Å². The maximum atomic E-state index is 12.7. The van der Waals surface area contributed by atoms with Gasteiger partial charge in [0.25, 0.3) is 0 Å². The summed E-state index contributed by atoms with van der Waals surface area (Å²) < 4.78 is 32.1. The minimum Gasteiger partial charge on any atom is -0.497 e. The van der Waals surface area contributed by atoms with Gasteiger partial charge in [-0.3, -0.25) is 4.79 Å². The van der Waals surface area contributed by atoms with Gasteiger partial charge in [-0.2, -0.15) is 4.31 Å². The molecule has 0 bridgehead atoms. The van der Waals surface area contributed by atoms with Crippen molar-refractivity contribution in [3.63, 3.8) is 0 Å². The number of carbonyl (C=O) groups excluding carboxylic acids is 1. The van der Waals surface area contributed by atoms with Crippen LogP contribution in [0.1, 0.15) is 23.1 Å². The lowest BCUT2D eigenvalue weighted by atomic mass is 10.0. The van der Waals surface area contributed by atoms with Gasteiger partial charge in [0.1, 0.15) is 5.75 Å². The molecule has 1 aliphatic rings. The summed E-state index contributed by atoms with van der Waals surface area (Å²) in [6.45, 7) is 1.14. The summed E-state index contributed by atoms with van der Waals surface area (Å²) in [6.07, 6.45) is 1.21. The van der Waals surface area contributed by atoms with Crippen molar-refractivity contribution in [2.75, 3.05) is 26.0 Å². The first-order valence-electron chi connectivity index (χ1n) is 9.53. The number of hydrogen-bond acceptors (Lipinski definition) is 4. The third kappa shape index (κ3) is 5.72. The van der Waals surface area contributed by atoms with Gasteiger partial charge in [0.05, 0.1) is 19.3 Å². The molecule has 3 rings (SSSR count). The molecular formula is C21H25ClN2O4S. The number of nitrogens with one attached hydrogen (secondary N) is 1. The largest absolute Gasteiger partial charge is 0.497 e. The van der Waals surface area contributed by atoms with E-state index in [4.69, 9.17) is 16.3 Å². The highest BCUT2D eigenvalue weighted by Crippen LogP contribution is 2.25. The SMILES string of the molecule is COc1ccc2c(c1)CCN(S(=O)(=O)CCCNC(=O)Cc1ccccc1Cl)C2. The predicted molar refractivity (Wildman–Crippen MR) is 114 cm³/mol. The molecule has 0 fully saturated rings. The number of ether oxygens (including phenoxy) is 1. The van der Waals surface area contributed by atoms with E-state index in [0.29, 0.717) is 37.5 Å². The third-order valence-corrected chi connectivity index (χ3v) is 7.27. The standard InChI is InChI=1S/C21H25ClN2O4S/c1-28-19-8-7-18-15-24(11-9-16(18)13-19)29(26,27)12-4-10-23-21(25)14-17-5-2-3-6-20(17)22/h2-3,5-8,13H,4,9-12,14-15H2,1H3,(H,23,25). The van der Waals surface area contributed by atoms with Crippen LogP contribution in [0, 0.1) is 0 Å². The summed E-state index contributed by atoms with van der Waals surface area (Å²) >= 11 is 6.06. The molecule has 1 aliphatic heterocycles. The first-order chi connectivity index (χ1) is 13.9. The summed E-state index contributed by atoms with van der Waals surface area (Å²) in [5.74, 6) is 0.620. The minimum absolute atomic E-state index is 0.00482. The van der Waals surface area contributed by atoms with Gasteiger partial charge in [0, 0.05) is 24.7 Å². The molecule has 0 unspecified atom stereocenters. The number of rotatable bonds is 8. The average molecular weight is 437 g/mol. The van der Waals surface area contributed by atoms with Gasteiger partial charge in [-0.1, -0.05) is 35.9 Å². The molecule has 6 nitrogen and oxygen atoms in total. The topological polar surface area (TPSA) is 75.7 Å². The van der Waals surface area contributed by atoms with E-state index < -0.39 is 10.0 Å². The fraction of sp³-hybridized carbons (Fsp3) is 0.381. The number of nitrogens with zero attached hydrogens (tertiary/aromatic N) is 1. The molecule has 0 saturated heterocycles. The molecular weight excluding hydrogens is 412 g/mol. The van der Waals surface area contributed by atoms with Crippen molar-refractivity contribution in [2.24, 2.45) is 0 Å². The van der Waals surface area contributed by atoms with Crippen LogP contribution < -0.4 is 10.1 Å². The van der Waals surface area contributed by atoms with Crippen LogP contribution in [-0.4, -0.2) is 44.6 Å². The molecule has 0 atom stereocenters. The first-order valence-corrected chi connectivity index (χ1v) is 11.5. The smallest absolute Gasteiger partial charge is 0.224 e. The molecule has 29 heavy (non-hydrogen) atoms. The number of methoxy groups -OCH3 is 1. The number of carbonyl (C=O) groups is 1. The summed E-state index contributed by atoms with van der Waals surface area (Å²) in [5.41, 5.74) is 2.89. The summed E-state index contributed by atoms with van der Waals surface area (Å²) in [7, 11) is -1.76. The van der Waals surface area contributed by atoms with Gasteiger partial charge in [-0.15, -0.1) is 0 Å². The zero-order chi connectivity index (χ0) is 20.9. The number of amides is 1. The number of hydrogen-bond donors (Lipinski definition) is 1. The van der Waals surface area contributed by atoms with E-state index in [2.05, 4.69) is 5.32 Å². The number of fused-ring (bicyclic) bond motifs is 1.